The standard InChI is InChI=1S/C12H12F4N2OS/c1-7-4-8(13)9(18-11-17-2-3-19-11)5-10(7)20-6-12(14,15)16/h4-5H,2-3,6H2,1H3,(H,17,18). The molecule has 2 rings (SSSR count). The van der Waals surface area contributed by atoms with Crippen LogP contribution in [0.2, 0.25) is 0 Å². The molecule has 0 bridgehead atoms. The van der Waals surface area contributed by atoms with Gasteiger partial charge < -0.3 is 10.1 Å². The summed E-state index contributed by atoms with van der Waals surface area (Å²) in [6.07, 6.45) is -4.27. The molecule has 1 aliphatic rings. The smallest absolute Gasteiger partial charge is 0.398 e. The lowest BCUT2D eigenvalue weighted by Gasteiger charge is -2.10. The van der Waals surface area contributed by atoms with Gasteiger partial charge in [-0.2, -0.15) is 18.2 Å². The van der Waals surface area contributed by atoms with E-state index < -0.39 is 17.7 Å². The first-order valence-electron chi connectivity index (χ1n) is 5.80. The Morgan fingerprint density at radius 3 is 2.75 bits per heavy atom. The molecule has 20 heavy (non-hydrogen) atoms. The van der Waals surface area contributed by atoms with Gasteiger partial charge in [0.2, 0.25) is 0 Å². The van der Waals surface area contributed by atoms with Crippen molar-refractivity contribution >= 4 is 23.5 Å². The summed E-state index contributed by atoms with van der Waals surface area (Å²) in [6.45, 7) is 2.56. The Labute approximate surface area is 117 Å². The second-order valence-electron chi connectivity index (χ2n) is 4.17. The monoisotopic (exact) mass is 308 g/mol. The van der Waals surface area contributed by atoms with E-state index >= 15 is 0 Å². The Bertz CT molecular complexity index is 523. The fourth-order valence-electron chi connectivity index (χ4n) is 1.58. The third-order valence-electron chi connectivity index (χ3n) is 2.47. The van der Waals surface area contributed by atoms with Crippen LogP contribution in [0.3, 0.4) is 0 Å². The zero-order chi connectivity index (χ0) is 14.8. The topological polar surface area (TPSA) is 33.6 Å². The van der Waals surface area contributed by atoms with Crippen LogP contribution in [0, 0.1) is 12.7 Å². The van der Waals surface area contributed by atoms with Gasteiger partial charge in [-0.05, 0) is 24.6 Å². The number of halogens is 4. The van der Waals surface area contributed by atoms with Gasteiger partial charge in [-0.3, -0.25) is 0 Å². The summed E-state index contributed by atoms with van der Waals surface area (Å²) in [5, 5.41) is 2.80. The Morgan fingerprint density at radius 2 is 2.15 bits per heavy atom. The van der Waals surface area contributed by atoms with Crippen LogP contribution in [0.1, 0.15) is 5.56 Å². The number of amidine groups is 1. The molecule has 110 valence electrons. The summed E-state index contributed by atoms with van der Waals surface area (Å²) in [4.78, 5) is 4.27. The van der Waals surface area contributed by atoms with Gasteiger partial charge in [0.15, 0.2) is 0 Å². The summed E-state index contributed by atoms with van der Waals surface area (Å²) in [6, 6.07) is 2.66. The van der Waals surface area contributed by atoms with Crippen LogP contribution in [0.4, 0.5) is 23.2 Å². The molecule has 0 aliphatic carbocycles. The highest BCUT2D eigenvalue weighted by molar-refractivity contribution is 7.99. The minimum Gasteiger partial charge on any atom is -0.463 e. The number of rotatable bonds is 3. The molecule has 3 nitrogen and oxygen atoms in total. The molecule has 1 fully saturated rings. The molecule has 0 saturated carbocycles. The largest absolute Gasteiger partial charge is 0.463 e. The molecule has 1 aromatic carbocycles. The maximum atomic E-state index is 13.7. The molecule has 0 aromatic heterocycles. The lowest BCUT2D eigenvalue weighted by Crippen LogP contribution is -2.14. The number of benzene rings is 1. The first-order valence-corrected chi connectivity index (χ1v) is 6.79. The maximum Gasteiger partial charge on any atom is 0.398 e. The van der Waals surface area contributed by atoms with E-state index in [1.165, 1.54) is 12.1 Å². The van der Waals surface area contributed by atoms with Crippen molar-refractivity contribution in [3.63, 3.8) is 0 Å². The quantitative estimate of drug-likeness (QED) is 0.686. The van der Waals surface area contributed by atoms with Crippen LogP contribution >= 0.6 is 11.8 Å². The number of alkyl halides is 3. The van der Waals surface area contributed by atoms with E-state index in [4.69, 9.17) is 4.74 Å². The number of aryl methyl sites for hydroxylation is 1. The van der Waals surface area contributed by atoms with Crippen molar-refractivity contribution in [1.29, 1.82) is 0 Å². The molecule has 8 heteroatoms. The van der Waals surface area contributed by atoms with E-state index in [9.17, 15) is 17.6 Å². The van der Waals surface area contributed by atoms with Crippen molar-refractivity contribution < 1.29 is 22.3 Å². The Kier molecular flexibility index (Phi) is 4.42. The predicted molar refractivity (Wildman–Crippen MR) is 69.0 cm³/mol. The number of nitrogens with zero attached hydrogens (tertiary/aromatic N) is 1. The van der Waals surface area contributed by atoms with E-state index in [2.05, 4.69) is 10.3 Å². The molecule has 0 unspecified atom stereocenters. The van der Waals surface area contributed by atoms with Crippen molar-refractivity contribution in [1.82, 2.24) is 5.32 Å². The minimum absolute atomic E-state index is 0.0373. The number of thioether (sulfide) groups is 1. The highest BCUT2D eigenvalue weighted by Gasteiger charge is 2.27. The van der Waals surface area contributed by atoms with Crippen molar-refractivity contribution in [2.75, 3.05) is 18.9 Å². The van der Waals surface area contributed by atoms with Crippen molar-refractivity contribution in [2.45, 2.75) is 18.0 Å². The lowest BCUT2D eigenvalue weighted by atomic mass is 10.2. The summed E-state index contributed by atoms with van der Waals surface area (Å²) in [7, 11) is 0. The number of hydrogen-bond donors (Lipinski definition) is 1. The molecular weight excluding hydrogens is 296 g/mol. The van der Waals surface area contributed by atoms with Crippen LogP contribution in [0.15, 0.2) is 22.0 Å². The summed E-state index contributed by atoms with van der Waals surface area (Å²) in [5.41, 5.74) is 0.408. The normalized spacial score (nSPS) is 17.1. The van der Waals surface area contributed by atoms with E-state index in [1.54, 1.807) is 6.92 Å². The molecule has 0 radical (unpaired) electrons. The average molecular weight is 308 g/mol. The molecule has 1 aliphatic heterocycles. The molecule has 1 aromatic rings. The number of nitrogens with one attached hydrogen (secondary N) is 1. The molecule has 0 amide bonds. The Morgan fingerprint density at radius 1 is 1.40 bits per heavy atom. The van der Waals surface area contributed by atoms with Crippen molar-refractivity contribution in [3.8, 4) is 0 Å². The fraction of sp³-hybridized carbons (Fsp3) is 0.417. The van der Waals surface area contributed by atoms with Gasteiger partial charge in [0.1, 0.15) is 18.1 Å². The van der Waals surface area contributed by atoms with Gasteiger partial charge >= 0.3 is 6.18 Å². The van der Waals surface area contributed by atoms with E-state index in [0.717, 1.165) is 0 Å². The number of hydrogen-bond acceptors (Lipinski definition) is 3. The van der Waals surface area contributed by atoms with Crippen LogP contribution in [-0.4, -0.2) is 31.1 Å². The lowest BCUT2D eigenvalue weighted by molar-refractivity contribution is -0.105. The van der Waals surface area contributed by atoms with Crippen LogP contribution in [-0.2, 0) is 4.74 Å². The first kappa shape index (κ1) is 15.0. The Hall–Kier alpha value is -1.44. The van der Waals surface area contributed by atoms with Gasteiger partial charge in [0, 0.05) is 4.90 Å². The summed E-state index contributed by atoms with van der Waals surface area (Å²) in [5.74, 6) is -1.62. The fourth-order valence-corrected chi connectivity index (χ4v) is 2.38. The van der Waals surface area contributed by atoms with Gasteiger partial charge in [-0.15, -0.1) is 11.8 Å². The third-order valence-corrected chi connectivity index (χ3v) is 3.70. The number of ether oxygens (including phenoxy) is 1. The molecule has 1 saturated heterocycles. The first-order chi connectivity index (χ1) is 9.35. The van der Waals surface area contributed by atoms with Gasteiger partial charge in [0.05, 0.1) is 12.3 Å². The predicted octanol–water partition coefficient (Wildman–Crippen LogP) is 3.40. The summed E-state index contributed by atoms with van der Waals surface area (Å²) >= 11 is 0.613. The SMILES string of the molecule is Cc1cc(F)c(/N=C2\NCCO2)cc1SCC(F)(F)F. The molecular formula is C12H12F4N2OS. The molecule has 1 heterocycles. The second-order valence-corrected chi connectivity index (χ2v) is 5.18. The van der Waals surface area contributed by atoms with E-state index in [0.29, 0.717) is 35.4 Å². The minimum atomic E-state index is -4.27. The van der Waals surface area contributed by atoms with E-state index in [1.807, 2.05) is 0 Å². The summed E-state index contributed by atoms with van der Waals surface area (Å²) < 4.78 is 55.5. The molecule has 0 spiro atoms. The van der Waals surface area contributed by atoms with Crippen LogP contribution < -0.4 is 5.32 Å². The molecule has 0 atom stereocenters. The van der Waals surface area contributed by atoms with Gasteiger partial charge in [-0.1, -0.05) is 0 Å². The highest BCUT2D eigenvalue weighted by Crippen LogP contribution is 2.33. The van der Waals surface area contributed by atoms with Gasteiger partial charge in [-0.25, -0.2) is 4.39 Å². The van der Waals surface area contributed by atoms with Crippen LogP contribution in [0.5, 0.6) is 0 Å². The number of aliphatic imine (C=N–C) groups is 1. The highest BCUT2D eigenvalue weighted by atomic mass is 32.2. The second kappa shape index (κ2) is 5.90. The zero-order valence-electron chi connectivity index (χ0n) is 10.6. The molecule has 1 N–H and O–H groups in total. The zero-order valence-corrected chi connectivity index (χ0v) is 11.4. The van der Waals surface area contributed by atoms with E-state index in [-0.39, 0.29) is 11.7 Å². The Balaban J connectivity index is 2.22. The average Bonchev–Trinajstić information content (AvgIpc) is 2.83. The van der Waals surface area contributed by atoms with Crippen molar-refractivity contribution in [2.24, 2.45) is 4.99 Å². The van der Waals surface area contributed by atoms with Crippen LogP contribution in [0.25, 0.3) is 0 Å². The third kappa shape index (κ3) is 4.03. The van der Waals surface area contributed by atoms with Gasteiger partial charge in [0.25, 0.3) is 6.02 Å². The van der Waals surface area contributed by atoms with Crippen molar-refractivity contribution in [3.05, 3.63) is 23.5 Å². The maximum absolute atomic E-state index is 13.7.